The van der Waals surface area contributed by atoms with Crippen LogP contribution in [0.3, 0.4) is 0 Å². The van der Waals surface area contributed by atoms with Gasteiger partial charge < -0.3 is 14.7 Å². The maximum atomic E-state index is 14.1. The number of nitrogens with zero attached hydrogens (tertiary/aromatic N) is 4. The number of para-hydroxylation sites is 1. The van der Waals surface area contributed by atoms with Gasteiger partial charge in [0, 0.05) is 45.0 Å². The number of benzene rings is 2. The molecule has 1 fully saturated rings. The smallest absolute Gasteiger partial charge is 0.286 e. The minimum atomic E-state index is -0.198. The van der Waals surface area contributed by atoms with Crippen LogP contribution in [0.2, 0.25) is 0 Å². The van der Waals surface area contributed by atoms with E-state index < -0.39 is 0 Å². The fourth-order valence-electron chi connectivity index (χ4n) is 3.90. The monoisotopic (exact) mass is 438 g/mol. The fraction of sp³-hybridized carbons (Fsp3) is 0.333. The van der Waals surface area contributed by atoms with Gasteiger partial charge in [-0.3, -0.25) is 4.79 Å². The first-order valence-corrected chi connectivity index (χ1v) is 11.5. The van der Waals surface area contributed by atoms with Crippen molar-refractivity contribution in [3.05, 3.63) is 64.8 Å². The highest BCUT2D eigenvalue weighted by atomic mass is 32.2. The second-order valence-electron chi connectivity index (χ2n) is 7.50. The normalized spacial score (nSPS) is 18.0. The number of carbonyl (C=O) groups is 1. The van der Waals surface area contributed by atoms with Gasteiger partial charge in [0.2, 0.25) is 0 Å². The molecule has 7 heteroatoms. The molecule has 5 nitrogen and oxygen atoms in total. The van der Waals surface area contributed by atoms with Crippen LogP contribution in [0.25, 0.3) is 6.08 Å². The Bertz CT molecular complexity index is 993. The molecular weight excluding hydrogens is 411 g/mol. The van der Waals surface area contributed by atoms with E-state index in [0.29, 0.717) is 36.8 Å². The van der Waals surface area contributed by atoms with Gasteiger partial charge in [0.15, 0.2) is 5.17 Å². The minimum absolute atomic E-state index is 0.190. The molecule has 1 saturated heterocycles. The lowest BCUT2D eigenvalue weighted by Crippen LogP contribution is -2.48. The summed E-state index contributed by atoms with van der Waals surface area (Å²) >= 11 is 1.42. The Hall–Kier alpha value is -2.80. The molecule has 162 valence electrons. The summed E-state index contributed by atoms with van der Waals surface area (Å²) in [6.45, 7) is 9.02. The van der Waals surface area contributed by atoms with E-state index in [2.05, 4.69) is 40.8 Å². The summed E-state index contributed by atoms with van der Waals surface area (Å²) in [5, 5.41) is 0.740. The maximum Gasteiger partial charge on any atom is 0.286 e. The van der Waals surface area contributed by atoms with Gasteiger partial charge in [-0.25, -0.2) is 4.39 Å². The quantitative estimate of drug-likeness (QED) is 0.645. The number of hydrogen-bond acceptors (Lipinski definition) is 5. The predicted molar refractivity (Wildman–Crippen MR) is 128 cm³/mol. The van der Waals surface area contributed by atoms with E-state index >= 15 is 0 Å². The molecule has 2 aromatic rings. The van der Waals surface area contributed by atoms with Crippen molar-refractivity contribution in [2.75, 3.05) is 49.1 Å². The number of halogens is 1. The number of piperazine rings is 1. The highest BCUT2D eigenvalue weighted by Crippen LogP contribution is 2.31. The minimum Gasteiger partial charge on any atom is -0.372 e. The summed E-state index contributed by atoms with van der Waals surface area (Å²) in [5.41, 5.74) is 2.81. The van der Waals surface area contributed by atoms with Gasteiger partial charge in [0.1, 0.15) is 5.82 Å². The average Bonchev–Trinajstić information content (AvgIpc) is 3.16. The van der Waals surface area contributed by atoms with E-state index in [0.717, 1.165) is 23.8 Å². The zero-order valence-electron chi connectivity index (χ0n) is 17.9. The van der Waals surface area contributed by atoms with Crippen LogP contribution >= 0.6 is 11.8 Å². The van der Waals surface area contributed by atoms with E-state index in [9.17, 15) is 9.18 Å². The second kappa shape index (κ2) is 9.56. The maximum absolute atomic E-state index is 14.1. The molecule has 0 saturated carbocycles. The molecule has 1 amide bonds. The van der Waals surface area contributed by atoms with Gasteiger partial charge in [0.05, 0.1) is 10.6 Å². The number of carbonyl (C=O) groups excluding carboxylic acids is 1. The Kier molecular flexibility index (Phi) is 6.61. The number of amides is 1. The molecule has 0 spiro atoms. The van der Waals surface area contributed by atoms with Gasteiger partial charge in [-0.05, 0) is 61.5 Å². The third kappa shape index (κ3) is 4.77. The standard InChI is InChI=1S/C24H27FN4OS/c1-3-27(4-2)19-11-9-18(10-12-19)17-22-23(30)26-24(31-22)29-15-13-28(14-16-29)21-8-6-5-7-20(21)25/h5-12,17H,3-4,13-16H2,1-2H3/b22-17-. The Morgan fingerprint density at radius 2 is 1.65 bits per heavy atom. The molecule has 2 aromatic carbocycles. The summed E-state index contributed by atoms with van der Waals surface area (Å²) in [6.07, 6.45) is 1.91. The highest BCUT2D eigenvalue weighted by Gasteiger charge is 2.29. The molecule has 0 aliphatic carbocycles. The van der Waals surface area contributed by atoms with E-state index in [1.54, 1.807) is 6.07 Å². The lowest BCUT2D eigenvalue weighted by molar-refractivity contribution is -0.113. The van der Waals surface area contributed by atoms with Crippen LogP contribution in [0.5, 0.6) is 0 Å². The first-order chi connectivity index (χ1) is 15.1. The van der Waals surface area contributed by atoms with Gasteiger partial charge in [-0.2, -0.15) is 4.99 Å². The van der Waals surface area contributed by atoms with E-state index in [-0.39, 0.29) is 11.7 Å². The molecule has 2 heterocycles. The first-order valence-electron chi connectivity index (χ1n) is 10.7. The molecule has 31 heavy (non-hydrogen) atoms. The predicted octanol–water partition coefficient (Wildman–Crippen LogP) is 4.46. The topological polar surface area (TPSA) is 39.1 Å². The van der Waals surface area contributed by atoms with Crippen LogP contribution in [0.4, 0.5) is 15.8 Å². The molecule has 0 atom stereocenters. The lowest BCUT2D eigenvalue weighted by Gasteiger charge is -2.36. The number of hydrogen-bond donors (Lipinski definition) is 0. The second-order valence-corrected chi connectivity index (χ2v) is 8.51. The van der Waals surface area contributed by atoms with Crippen molar-refractivity contribution in [3.63, 3.8) is 0 Å². The third-order valence-corrected chi connectivity index (χ3v) is 6.72. The van der Waals surface area contributed by atoms with Crippen molar-refractivity contribution < 1.29 is 9.18 Å². The highest BCUT2D eigenvalue weighted by molar-refractivity contribution is 8.18. The number of amidine groups is 1. The number of thioether (sulfide) groups is 1. The Morgan fingerprint density at radius 1 is 1.00 bits per heavy atom. The van der Waals surface area contributed by atoms with Crippen molar-refractivity contribution in [2.24, 2.45) is 4.99 Å². The Morgan fingerprint density at radius 3 is 2.29 bits per heavy atom. The van der Waals surface area contributed by atoms with Crippen molar-refractivity contribution >= 4 is 40.3 Å². The van der Waals surface area contributed by atoms with Crippen LogP contribution in [-0.4, -0.2) is 55.2 Å². The van der Waals surface area contributed by atoms with E-state index in [1.165, 1.54) is 23.5 Å². The summed E-state index contributed by atoms with van der Waals surface area (Å²) in [5.74, 6) is -0.389. The summed E-state index contributed by atoms with van der Waals surface area (Å²) in [6, 6.07) is 15.1. The number of rotatable bonds is 5. The van der Waals surface area contributed by atoms with Crippen molar-refractivity contribution in [3.8, 4) is 0 Å². The van der Waals surface area contributed by atoms with Gasteiger partial charge >= 0.3 is 0 Å². The number of anilines is 2. The largest absolute Gasteiger partial charge is 0.372 e. The summed E-state index contributed by atoms with van der Waals surface area (Å²) in [7, 11) is 0. The van der Waals surface area contributed by atoms with Gasteiger partial charge in [-0.1, -0.05) is 24.3 Å². The van der Waals surface area contributed by atoms with Crippen LogP contribution in [0, 0.1) is 5.82 Å². The third-order valence-electron chi connectivity index (χ3n) is 5.67. The zero-order valence-corrected chi connectivity index (χ0v) is 18.7. The number of aliphatic imine (C=N–C) groups is 1. The van der Waals surface area contributed by atoms with Gasteiger partial charge in [-0.15, -0.1) is 0 Å². The van der Waals surface area contributed by atoms with Crippen LogP contribution < -0.4 is 9.80 Å². The van der Waals surface area contributed by atoms with E-state index in [4.69, 9.17) is 0 Å². The van der Waals surface area contributed by atoms with Crippen LogP contribution in [-0.2, 0) is 4.79 Å². The molecule has 0 unspecified atom stereocenters. The average molecular weight is 439 g/mol. The molecule has 0 radical (unpaired) electrons. The van der Waals surface area contributed by atoms with Crippen molar-refractivity contribution in [2.45, 2.75) is 13.8 Å². The first kappa shape index (κ1) is 21.4. The molecule has 2 aliphatic heterocycles. The zero-order chi connectivity index (χ0) is 21.8. The Balaban J connectivity index is 1.38. The van der Waals surface area contributed by atoms with Crippen molar-refractivity contribution in [1.82, 2.24) is 4.90 Å². The molecule has 0 bridgehead atoms. The molecule has 4 rings (SSSR count). The summed E-state index contributed by atoms with van der Waals surface area (Å²) in [4.78, 5) is 23.8. The summed E-state index contributed by atoms with van der Waals surface area (Å²) < 4.78 is 14.1. The molecule has 0 N–H and O–H groups in total. The van der Waals surface area contributed by atoms with E-state index in [1.807, 2.05) is 35.2 Å². The SMILES string of the molecule is CCN(CC)c1ccc(/C=C2\SC(N3CCN(c4ccccc4F)CC3)=NC2=O)cc1. The Labute approximate surface area is 187 Å². The fourth-order valence-corrected chi connectivity index (χ4v) is 4.87. The molecule has 0 aromatic heterocycles. The van der Waals surface area contributed by atoms with Crippen LogP contribution in [0.1, 0.15) is 19.4 Å². The molecular formula is C24H27FN4OS. The van der Waals surface area contributed by atoms with Crippen LogP contribution in [0.15, 0.2) is 58.4 Å². The molecule has 2 aliphatic rings. The van der Waals surface area contributed by atoms with Gasteiger partial charge in [0.25, 0.3) is 5.91 Å². The van der Waals surface area contributed by atoms with Crippen molar-refractivity contribution in [1.29, 1.82) is 0 Å². The lowest BCUT2D eigenvalue weighted by atomic mass is 10.2.